The number of nitrogens with one attached hydrogen (secondary N) is 1. The highest BCUT2D eigenvalue weighted by Gasteiger charge is 2.35. The molecule has 1 atom stereocenters. The van der Waals surface area contributed by atoms with Crippen molar-refractivity contribution >= 4 is 37.5 Å². The van der Waals surface area contributed by atoms with E-state index in [9.17, 15) is 0 Å². The van der Waals surface area contributed by atoms with E-state index in [4.69, 9.17) is 0 Å². The molecule has 0 radical (unpaired) electrons. The zero-order chi connectivity index (χ0) is 14.0. The molecule has 4 heteroatoms. The molecule has 1 heterocycles. The lowest BCUT2D eigenvalue weighted by Gasteiger charge is -2.48. The molecule has 1 aromatic carbocycles. The van der Waals surface area contributed by atoms with E-state index in [1.165, 1.54) is 23.0 Å². The fourth-order valence-electron chi connectivity index (χ4n) is 2.76. The molecule has 1 fully saturated rings. The molecule has 0 spiro atoms. The van der Waals surface area contributed by atoms with E-state index in [0.717, 1.165) is 17.6 Å². The first kappa shape index (κ1) is 15.3. The first-order valence-electron chi connectivity index (χ1n) is 6.98. The van der Waals surface area contributed by atoms with Gasteiger partial charge in [-0.2, -0.15) is 0 Å². The second-order valence-corrected chi connectivity index (χ2v) is 7.21. The third-order valence-corrected chi connectivity index (χ3v) is 5.51. The maximum Gasteiger partial charge on any atom is 0.0525 e. The summed E-state index contributed by atoms with van der Waals surface area (Å²) in [6, 6.07) is 6.92. The fraction of sp³-hybridized carbons (Fsp3) is 0.600. The molecule has 2 rings (SSSR count). The summed E-state index contributed by atoms with van der Waals surface area (Å²) in [5.41, 5.74) is 1.53. The summed E-state index contributed by atoms with van der Waals surface area (Å²) in [6.45, 7) is 8.95. The van der Waals surface area contributed by atoms with E-state index in [-0.39, 0.29) is 5.54 Å². The number of hydrogen-bond donors (Lipinski definition) is 1. The van der Waals surface area contributed by atoms with Gasteiger partial charge in [-0.05, 0) is 53.9 Å². The zero-order valence-corrected chi connectivity index (χ0v) is 15.0. The van der Waals surface area contributed by atoms with Gasteiger partial charge in [-0.25, -0.2) is 0 Å². The minimum Gasteiger partial charge on any atom is -0.365 e. The van der Waals surface area contributed by atoms with E-state index in [0.29, 0.717) is 6.04 Å². The van der Waals surface area contributed by atoms with Gasteiger partial charge in [0.2, 0.25) is 0 Å². The minimum atomic E-state index is 0.244. The minimum absolute atomic E-state index is 0.244. The lowest BCUT2D eigenvalue weighted by atomic mass is 9.88. The summed E-state index contributed by atoms with van der Waals surface area (Å²) >= 11 is 7.27. The Balaban J connectivity index is 2.33. The predicted molar refractivity (Wildman–Crippen MR) is 90.0 cm³/mol. The standard InChI is InChI=1S/C15H22Br2N2/c1-4-15(5-2)10-19(11(3)9-18-15)14-8-12(16)6-7-13(14)17/h6-8,11,18H,4-5,9-10H2,1-3H3. The number of anilines is 1. The van der Waals surface area contributed by atoms with Crippen molar-refractivity contribution in [2.24, 2.45) is 0 Å². The monoisotopic (exact) mass is 388 g/mol. The quantitative estimate of drug-likeness (QED) is 0.814. The summed E-state index contributed by atoms with van der Waals surface area (Å²) in [6.07, 6.45) is 2.33. The Labute approximate surface area is 133 Å². The van der Waals surface area contributed by atoms with Gasteiger partial charge in [0.1, 0.15) is 0 Å². The molecule has 0 aliphatic carbocycles. The lowest BCUT2D eigenvalue weighted by molar-refractivity contribution is 0.253. The molecule has 0 saturated carbocycles. The van der Waals surface area contributed by atoms with Crippen molar-refractivity contribution < 1.29 is 0 Å². The molecule has 1 N–H and O–H groups in total. The van der Waals surface area contributed by atoms with Gasteiger partial charge in [0.05, 0.1) is 5.69 Å². The van der Waals surface area contributed by atoms with Gasteiger partial charge in [-0.3, -0.25) is 0 Å². The van der Waals surface area contributed by atoms with Crippen LogP contribution in [0, 0.1) is 0 Å². The topological polar surface area (TPSA) is 15.3 Å². The van der Waals surface area contributed by atoms with Crippen molar-refractivity contribution in [1.82, 2.24) is 5.32 Å². The van der Waals surface area contributed by atoms with Crippen LogP contribution in [0.2, 0.25) is 0 Å². The molecule has 0 bridgehead atoms. The van der Waals surface area contributed by atoms with Crippen LogP contribution < -0.4 is 10.2 Å². The molecule has 1 saturated heterocycles. The first-order chi connectivity index (χ1) is 9.01. The normalized spacial score (nSPS) is 22.6. The second kappa shape index (κ2) is 6.15. The average Bonchev–Trinajstić information content (AvgIpc) is 2.43. The third-order valence-electron chi connectivity index (χ3n) is 4.35. The van der Waals surface area contributed by atoms with Gasteiger partial charge < -0.3 is 10.2 Å². The van der Waals surface area contributed by atoms with Crippen molar-refractivity contribution in [2.75, 3.05) is 18.0 Å². The van der Waals surface area contributed by atoms with Crippen LogP contribution in [0.15, 0.2) is 27.1 Å². The van der Waals surface area contributed by atoms with Crippen molar-refractivity contribution in [3.63, 3.8) is 0 Å². The predicted octanol–water partition coefficient (Wildman–Crippen LogP) is 4.57. The van der Waals surface area contributed by atoms with Crippen LogP contribution in [0.1, 0.15) is 33.6 Å². The maximum absolute atomic E-state index is 3.75. The fourth-order valence-corrected chi connectivity index (χ4v) is 3.59. The molecular weight excluding hydrogens is 368 g/mol. The largest absolute Gasteiger partial charge is 0.365 e. The van der Waals surface area contributed by atoms with Crippen LogP contribution in [-0.4, -0.2) is 24.7 Å². The Morgan fingerprint density at radius 1 is 1.32 bits per heavy atom. The molecule has 106 valence electrons. The Morgan fingerprint density at radius 3 is 2.63 bits per heavy atom. The number of rotatable bonds is 3. The van der Waals surface area contributed by atoms with Crippen LogP contribution in [0.25, 0.3) is 0 Å². The number of piperazine rings is 1. The van der Waals surface area contributed by atoms with Crippen LogP contribution in [0.5, 0.6) is 0 Å². The van der Waals surface area contributed by atoms with Gasteiger partial charge in [-0.1, -0.05) is 29.8 Å². The van der Waals surface area contributed by atoms with E-state index in [1.807, 2.05) is 0 Å². The molecule has 0 aromatic heterocycles. The zero-order valence-electron chi connectivity index (χ0n) is 11.8. The second-order valence-electron chi connectivity index (χ2n) is 5.44. The Hall–Kier alpha value is -0.0600. The van der Waals surface area contributed by atoms with Gasteiger partial charge in [0, 0.05) is 33.6 Å². The van der Waals surface area contributed by atoms with E-state index in [2.05, 4.69) is 81.0 Å². The van der Waals surface area contributed by atoms with Crippen LogP contribution in [0.3, 0.4) is 0 Å². The summed E-state index contributed by atoms with van der Waals surface area (Å²) < 4.78 is 2.31. The average molecular weight is 390 g/mol. The smallest absolute Gasteiger partial charge is 0.0525 e. The van der Waals surface area contributed by atoms with Crippen molar-refractivity contribution in [2.45, 2.75) is 45.2 Å². The van der Waals surface area contributed by atoms with Gasteiger partial charge >= 0.3 is 0 Å². The summed E-state index contributed by atoms with van der Waals surface area (Å²) in [7, 11) is 0. The molecule has 1 aromatic rings. The number of benzene rings is 1. The third kappa shape index (κ3) is 3.17. The maximum atomic E-state index is 3.75. The Morgan fingerprint density at radius 2 is 2.00 bits per heavy atom. The highest BCUT2D eigenvalue weighted by molar-refractivity contribution is 9.11. The number of nitrogens with zero attached hydrogens (tertiary/aromatic N) is 1. The first-order valence-corrected chi connectivity index (χ1v) is 8.56. The molecular formula is C15H22Br2N2. The molecule has 0 amide bonds. The van der Waals surface area contributed by atoms with E-state index >= 15 is 0 Å². The SMILES string of the molecule is CCC1(CC)CN(c2cc(Br)ccc2Br)C(C)CN1. The Bertz CT molecular complexity index is 444. The molecule has 1 aliphatic heterocycles. The molecule has 1 unspecified atom stereocenters. The van der Waals surface area contributed by atoms with Crippen LogP contribution in [0.4, 0.5) is 5.69 Å². The molecule has 19 heavy (non-hydrogen) atoms. The number of hydrogen-bond acceptors (Lipinski definition) is 2. The summed E-state index contributed by atoms with van der Waals surface area (Å²) in [5, 5.41) is 3.75. The lowest BCUT2D eigenvalue weighted by Crippen LogP contribution is -2.63. The highest BCUT2D eigenvalue weighted by Crippen LogP contribution is 2.34. The van der Waals surface area contributed by atoms with Crippen LogP contribution >= 0.6 is 31.9 Å². The van der Waals surface area contributed by atoms with Crippen molar-refractivity contribution in [3.8, 4) is 0 Å². The van der Waals surface area contributed by atoms with Gasteiger partial charge in [0.25, 0.3) is 0 Å². The van der Waals surface area contributed by atoms with Crippen molar-refractivity contribution in [3.05, 3.63) is 27.1 Å². The van der Waals surface area contributed by atoms with Gasteiger partial charge in [-0.15, -0.1) is 0 Å². The van der Waals surface area contributed by atoms with Crippen molar-refractivity contribution in [1.29, 1.82) is 0 Å². The van der Waals surface area contributed by atoms with Crippen LogP contribution in [-0.2, 0) is 0 Å². The molecule has 2 nitrogen and oxygen atoms in total. The molecule has 1 aliphatic rings. The highest BCUT2D eigenvalue weighted by atomic mass is 79.9. The number of halogens is 2. The Kier molecular flexibility index (Phi) is 4.96. The van der Waals surface area contributed by atoms with E-state index < -0.39 is 0 Å². The summed E-state index contributed by atoms with van der Waals surface area (Å²) in [5.74, 6) is 0. The van der Waals surface area contributed by atoms with Gasteiger partial charge in [0.15, 0.2) is 0 Å². The summed E-state index contributed by atoms with van der Waals surface area (Å²) in [4.78, 5) is 2.53. The van der Waals surface area contributed by atoms with E-state index in [1.54, 1.807) is 0 Å².